The molecule has 0 unspecified atom stereocenters. The first-order valence-corrected chi connectivity index (χ1v) is 2.64. The van der Waals surface area contributed by atoms with Crippen LogP contribution in [0.5, 0.6) is 0 Å². The highest BCUT2D eigenvalue weighted by atomic mass is 35.5. The summed E-state index contributed by atoms with van der Waals surface area (Å²) < 4.78 is 23.9. The van der Waals surface area contributed by atoms with E-state index in [2.05, 4.69) is 6.58 Å². The zero-order valence-electron chi connectivity index (χ0n) is 4.55. The minimum atomic E-state index is -2.82. The summed E-state index contributed by atoms with van der Waals surface area (Å²) in [6.07, 6.45) is 0. The van der Waals surface area contributed by atoms with Crippen molar-refractivity contribution in [3.8, 4) is 0 Å². The van der Waals surface area contributed by atoms with Crippen molar-refractivity contribution in [2.45, 2.75) is 12.8 Å². The van der Waals surface area contributed by atoms with E-state index >= 15 is 0 Å². The number of hydrogen-bond donors (Lipinski definition) is 0. The van der Waals surface area contributed by atoms with E-state index in [-0.39, 0.29) is 11.5 Å². The van der Waals surface area contributed by atoms with E-state index in [1.54, 1.807) is 0 Å². The molecule has 48 valence electrons. The normalized spacial score (nSPS) is 11.5. The van der Waals surface area contributed by atoms with Crippen LogP contribution < -0.4 is 0 Å². The molecule has 0 aliphatic carbocycles. The summed E-state index contributed by atoms with van der Waals surface area (Å²) in [4.78, 5) is 0. The van der Waals surface area contributed by atoms with Crippen LogP contribution in [-0.2, 0) is 0 Å². The Balaban J connectivity index is 3.82. The minimum Gasteiger partial charge on any atom is -0.202 e. The van der Waals surface area contributed by atoms with Crippen LogP contribution >= 0.6 is 11.6 Å². The topological polar surface area (TPSA) is 0 Å². The van der Waals surface area contributed by atoms with Crippen LogP contribution in [0.3, 0.4) is 0 Å². The molecule has 0 bridgehead atoms. The van der Waals surface area contributed by atoms with Gasteiger partial charge >= 0.3 is 0 Å². The number of rotatable bonds is 2. The lowest BCUT2D eigenvalue weighted by atomic mass is 10.2. The van der Waals surface area contributed by atoms with E-state index in [1.165, 1.54) is 0 Å². The van der Waals surface area contributed by atoms with Gasteiger partial charge in [-0.15, -0.1) is 11.6 Å². The van der Waals surface area contributed by atoms with E-state index in [4.69, 9.17) is 11.6 Å². The van der Waals surface area contributed by atoms with Crippen LogP contribution in [0.1, 0.15) is 6.92 Å². The zero-order chi connectivity index (χ0) is 6.78. The van der Waals surface area contributed by atoms with Gasteiger partial charge in [-0.3, -0.25) is 0 Å². The summed E-state index contributed by atoms with van der Waals surface area (Å²) in [6.45, 7) is 3.84. The Labute approximate surface area is 52.1 Å². The third-order valence-corrected chi connectivity index (χ3v) is 1.10. The molecule has 0 N–H and O–H groups in total. The van der Waals surface area contributed by atoms with Gasteiger partial charge < -0.3 is 0 Å². The number of allylic oxidation sites excluding steroid dienone is 1. The Kier molecular flexibility index (Phi) is 2.41. The average Bonchev–Trinajstić information content (AvgIpc) is 1.62. The largest absolute Gasteiger partial charge is 0.267 e. The molecule has 0 saturated carbocycles. The first-order valence-electron chi connectivity index (χ1n) is 2.10. The van der Waals surface area contributed by atoms with Crippen LogP contribution in [0.25, 0.3) is 0 Å². The maximum atomic E-state index is 11.9. The molecule has 0 heterocycles. The van der Waals surface area contributed by atoms with Crippen LogP contribution in [0.4, 0.5) is 8.78 Å². The lowest BCUT2D eigenvalue weighted by Crippen LogP contribution is -2.13. The van der Waals surface area contributed by atoms with E-state index in [0.29, 0.717) is 0 Å². The highest BCUT2D eigenvalue weighted by molar-refractivity contribution is 6.19. The van der Waals surface area contributed by atoms with Crippen molar-refractivity contribution in [2.75, 3.05) is 5.88 Å². The fourth-order valence-corrected chi connectivity index (χ4v) is 0.352. The summed E-state index contributed by atoms with van der Waals surface area (Å²) >= 11 is 5.06. The van der Waals surface area contributed by atoms with Crippen LogP contribution in [0.15, 0.2) is 12.2 Å². The molecule has 3 heteroatoms. The molecule has 0 spiro atoms. The molecule has 8 heavy (non-hydrogen) atoms. The molecular formula is C5H7ClF2. The van der Waals surface area contributed by atoms with Crippen LogP contribution in [0.2, 0.25) is 0 Å². The summed E-state index contributed by atoms with van der Waals surface area (Å²) in [5.41, 5.74) is -0.237. The second-order valence-corrected chi connectivity index (χ2v) is 1.89. The SMILES string of the molecule is C=C(CCl)C(C)(F)F. The van der Waals surface area contributed by atoms with Gasteiger partial charge in [0.1, 0.15) is 0 Å². The lowest BCUT2D eigenvalue weighted by molar-refractivity contribution is 0.0646. The minimum absolute atomic E-state index is 0.177. The molecule has 0 amide bonds. The molecule has 0 aromatic carbocycles. The van der Waals surface area contributed by atoms with Gasteiger partial charge in [0.2, 0.25) is 0 Å². The predicted octanol–water partition coefficient (Wildman–Crippen LogP) is 2.44. The Bertz CT molecular complexity index is 93.1. The van der Waals surface area contributed by atoms with Gasteiger partial charge in [0, 0.05) is 18.4 Å². The van der Waals surface area contributed by atoms with E-state index in [1.807, 2.05) is 0 Å². The molecule has 0 radical (unpaired) electrons. The van der Waals surface area contributed by atoms with Crippen molar-refractivity contribution in [3.63, 3.8) is 0 Å². The number of alkyl halides is 3. The molecule has 0 fully saturated rings. The zero-order valence-corrected chi connectivity index (χ0v) is 5.30. The molecule has 0 aliphatic heterocycles. The summed E-state index contributed by atoms with van der Waals surface area (Å²) in [6, 6.07) is 0. The van der Waals surface area contributed by atoms with Gasteiger partial charge in [-0.2, -0.15) is 0 Å². The molecular weight excluding hydrogens is 134 g/mol. The van der Waals surface area contributed by atoms with Gasteiger partial charge in [-0.25, -0.2) is 8.78 Å². The molecule has 0 saturated heterocycles. The van der Waals surface area contributed by atoms with E-state index in [0.717, 1.165) is 6.92 Å². The van der Waals surface area contributed by atoms with E-state index < -0.39 is 5.92 Å². The van der Waals surface area contributed by atoms with E-state index in [9.17, 15) is 8.78 Å². The summed E-state index contributed by atoms with van der Waals surface area (Å²) in [5.74, 6) is -2.99. The van der Waals surface area contributed by atoms with Gasteiger partial charge in [0.15, 0.2) is 0 Å². The quantitative estimate of drug-likeness (QED) is 0.408. The third-order valence-electron chi connectivity index (χ3n) is 0.782. The first-order chi connectivity index (χ1) is 3.48. The summed E-state index contributed by atoms with van der Waals surface area (Å²) in [7, 11) is 0. The smallest absolute Gasteiger partial charge is 0.202 e. The summed E-state index contributed by atoms with van der Waals surface area (Å²) in [5, 5.41) is 0. The second kappa shape index (κ2) is 2.44. The lowest BCUT2D eigenvalue weighted by Gasteiger charge is -2.09. The molecule has 0 atom stereocenters. The molecule has 0 aliphatic rings. The van der Waals surface area contributed by atoms with Crippen LogP contribution in [-0.4, -0.2) is 11.8 Å². The standard InChI is InChI=1S/C5H7ClF2/c1-4(3-6)5(2,7)8/h1,3H2,2H3. The van der Waals surface area contributed by atoms with Crippen molar-refractivity contribution >= 4 is 11.6 Å². The molecule has 0 aromatic rings. The van der Waals surface area contributed by atoms with Gasteiger partial charge in [0.05, 0.1) is 0 Å². The predicted molar refractivity (Wildman–Crippen MR) is 30.5 cm³/mol. The van der Waals surface area contributed by atoms with Crippen LogP contribution in [0, 0.1) is 0 Å². The van der Waals surface area contributed by atoms with Gasteiger partial charge in [-0.1, -0.05) is 6.58 Å². The third kappa shape index (κ3) is 2.26. The average molecular weight is 141 g/mol. The Morgan fingerprint density at radius 3 is 2.12 bits per heavy atom. The first kappa shape index (κ1) is 7.89. The fraction of sp³-hybridized carbons (Fsp3) is 0.600. The van der Waals surface area contributed by atoms with Gasteiger partial charge in [-0.05, 0) is 0 Å². The van der Waals surface area contributed by atoms with Crippen molar-refractivity contribution in [1.29, 1.82) is 0 Å². The van der Waals surface area contributed by atoms with Gasteiger partial charge in [0.25, 0.3) is 5.92 Å². The Morgan fingerprint density at radius 2 is 2.12 bits per heavy atom. The molecule has 0 rings (SSSR count). The second-order valence-electron chi connectivity index (χ2n) is 1.63. The van der Waals surface area contributed by atoms with Crippen molar-refractivity contribution < 1.29 is 8.78 Å². The Morgan fingerprint density at radius 1 is 1.75 bits per heavy atom. The molecule has 0 aromatic heterocycles. The van der Waals surface area contributed by atoms with Crippen molar-refractivity contribution in [2.24, 2.45) is 0 Å². The molecule has 0 nitrogen and oxygen atoms in total. The number of halogens is 3. The Hall–Kier alpha value is -0.110. The number of hydrogen-bond acceptors (Lipinski definition) is 0. The monoisotopic (exact) mass is 140 g/mol. The van der Waals surface area contributed by atoms with Crippen molar-refractivity contribution in [1.82, 2.24) is 0 Å². The maximum absolute atomic E-state index is 11.9. The van der Waals surface area contributed by atoms with Crippen molar-refractivity contribution in [3.05, 3.63) is 12.2 Å². The highest BCUT2D eigenvalue weighted by Crippen LogP contribution is 2.21. The maximum Gasteiger partial charge on any atom is 0.267 e. The highest BCUT2D eigenvalue weighted by Gasteiger charge is 2.23. The fourth-order valence-electron chi connectivity index (χ4n) is 0.117.